The standard InChI is InChI=1S/C7H16F2N2O3S/c1-6(2)3-10-15(13,14)11-4-7(8,9)5-12/h6,10-12H,3-5H2,1-2H3. The summed E-state index contributed by atoms with van der Waals surface area (Å²) in [5, 5.41) is 8.20. The molecule has 0 atom stereocenters. The summed E-state index contributed by atoms with van der Waals surface area (Å²) in [4.78, 5) is 0. The number of rotatable bonds is 7. The maximum Gasteiger partial charge on any atom is 0.283 e. The van der Waals surface area contributed by atoms with Crippen molar-refractivity contribution in [1.29, 1.82) is 0 Å². The van der Waals surface area contributed by atoms with Crippen molar-refractivity contribution in [2.75, 3.05) is 19.7 Å². The van der Waals surface area contributed by atoms with E-state index in [1.54, 1.807) is 18.6 Å². The first-order chi connectivity index (χ1) is 6.68. The fourth-order valence-electron chi connectivity index (χ4n) is 0.584. The van der Waals surface area contributed by atoms with Gasteiger partial charge in [-0.2, -0.15) is 13.1 Å². The molecule has 0 saturated carbocycles. The second-order valence-corrected chi connectivity index (χ2v) is 5.17. The van der Waals surface area contributed by atoms with E-state index in [9.17, 15) is 17.2 Å². The molecule has 0 heterocycles. The lowest BCUT2D eigenvalue weighted by Gasteiger charge is -2.15. The highest BCUT2D eigenvalue weighted by Gasteiger charge is 2.29. The van der Waals surface area contributed by atoms with E-state index in [-0.39, 0.29) is 12.5 Å². The van der Waals surface area contributed by atoms with E-state index < -0.39 is 29.3 Å². The van der Waals surface area contributed by atoms with Gasteiger partial charge in [-0.25, -0.2) is 13.5 Å². The highest BCUT2D eigenvalue weighted by Crippen LogP contribution is 2.09. The third-order valence-electron chi connectivity index (χ3n) is 1.43. The second-order valence-electron chi connectivity index (χ2n) is 3.58. The molecule has 0 aromatic carbocycles. The molecular formula is C7H16F2N2O3S. The van der Waals surface area contributed by atoms with Gasteiger partial charge in [-0.3, -0.25) is 0 Å². The van der Waals surface area contributed by atoms with Crippen molar-refractivity contribution < 1.29 is 22.3 Å². The first-order valence-electron chi connectivity index (χ1n) is 4.41. The van der Waals surface area contributed by atoms with Gasteiger partial charge in [0.2, 0.25) is 0 Å². The van der Waals surface area contributed by atoms with Gasteiger partial charge in [0.1, 0.15) is 6.61 Å². The van der Waals surface area contributed by atoms with Crippen LogP contribution in [0.4, 0.5) is 8.78 Å². The summed E-state index contributed by atoms with van der Waals surface area (Å²) >= 11 is 0. The number of hydrogen-bond acceptors (Lipinski definition) is 3. The minimum atomic E-state index is -3.91. The average Bonchev–Trinajstić information content (AvgIpc) is 2.13. The fourth-order valence-corrected chi connectivity index (χ4v) is 1.64. The molecule has 0 unspecified atom stereocenters. The molecule has 92 valence electrons. The molecule has 8 heteroatoms. The number of halogens is 2. The van der Waals surface area contributed by atoms with Crippen LogP contribution in [0, 0.1) is 5.92 Å². The van der Waals surface area contributed by atoms with Crippen molar-refractivity contribution in [3.8, 4) is 0 Å². The summed E-state index contributed by atoms with van der Waals surface area (Å²) in [5.41, 5.74) is 0. The van der Waals surface area contributed by atoms with Crippen molar-refractivity contribution >= 4 is 10.2 Å². The zero-order valence-corrected chi connectivity index (χ0v) is 9.44. The Hall–Kier alpha value is -0.310. The smallest absolute Gasteiger partial charge is 0.283 e. The molecule has 0 aliphatic carbocycles. The van der Waals surface area contributed by atoms with Crippen molar-refractivity contribution in [2.45, 2.75) is 19.8 Å². The highest BCUT2D eigenvalue weighted by molar-refractivity contribution is 7.87. The number of aliphatic hydroxyl groups excluding tert-OH is 1. The Labute approximate surface area is 88.1 Å². The van der Waals surface area contributed by atoms with Gasteiger partial charge in [0.25, 0.3) is 16.1 Å². The van der Waals surface area contributed by atoms with Gasteiger partial charge in [-0.15, -0.1) is 0 Å². The Morgan fingerprint density at radius 2 is 1.87 bits per heavy atom. The third kappa shape index (κ3) is 7.60. The van der Waals surface area contributed by atoms with Crippen LogP contribution in [-0.4, -0.2) is 39.1 Å². The monoisotopic (exact) mass is 246 g/mol. The molecule has 0 aliphatic rings. The average molecular weight is 246 g/mol. The van der Waals surface area contributed by atoms with Crippen molar-refractivity contribution in [3.05, 3.63) is 0 Å². The predicted molar refractivity (Wildman–Crippen MR) is 51.8 cm³/mol. The molecule has 0 fully saturated rings. The lowest BCUT2D eigenvalue weighted by Crippen LogP contribution is -2.45. The molecule has 0 rings (SSSR count). The quantitative estimate of drug-likeness (QED) is 0.577. The Kier molecular flexibility index (Phi) is 5.57. The lowest BCUT2D eigenvalue weighted by atomic mass is 10.2. The molecule has 0 amide bonds. The van der Waals surface area contributed by atoms with Crippen molar-refractivity contribution in [1.82, 2.24) is 9.44 Å². The van der Waals surface area contributed by atoms with Crippen LogP contribution in [0.5, 0.6) is 0 Å². The summed E-state index contributed by atoms with van der Waals surface area (Å²) in [6.07, 6.45) is 0. The summed E-state index contributed by atoms with van der Waals surface area (Å²) in [6, 6.07) is 0. The molecule has 0 bridgehead atoms. The predicted octanol–water partition coefficient (Wildman–Crippen LogP) is -0.306. The highest BCUT2D eigenvalue weighted by atomic mass is 32.2. The minimum Gasteiger partial charge on any atom is -0.390 e. The number of hydrogen-bond donors (Lipinski definition) is 3. The van der Waals surface area contributed by atoms with Crippen LogP contribution in [0.2, 0.25) is 0 Å². The maximum absolute atomic E-state index is 12.5. The van der Waals surface area contributed by atoms with E-state index in [1.165, 1.54) is 0 Å². The summed E-state index contributed by atoms with van der Waals surface area (Å²) < 4.78 is 50.8. The molecule has 0 aromatic rings. The Bertz CT molecular complexity index is 280. The molecule has 0 spiro atoms. The fraction of sp³-hybridized carbons (Fsp3) is 1.00. The first-order valence-corrected chi connectivity index (χ1v) is 5.90. The Morgan fingerprint density at radius 1 is 1.33 bits per heavy atom. The number of nitrogens with one attached hydrogen (secondary N) is 2. The van der Waals surface area contributed by atoms with E-state index in [1.807, 2.05) is 0 Å². The molecule has 0 aliphatic heterocycles. The zero-order valence-electron chi connectivity index (χ0n) is 8.63. The largest absolute Gasteiger partial charge is 0.390 e. The molecule has 5 nitrogen and oxygen atoms in total. The van der Waals surface area contributed by atoms with Gasteiger partial charge in [0, 0.05) is 6.54 Å². The van der Waals surface area contributed by atoms with Gasteiger partial charge >= 0.3 is 0 Å². The molecule has 0 aromatic heterocycles. The summed E-state index contributed by atoms with van der Waals surface area (Å²) in [6.45, 7) is 1.23. The van der Waals surface area contributed by atoms with Crippen LogP contribution in [0.1, 0.15) is 13.8 Å². The lowest BCUT2D eigenvalue weighted by molar-refractivity contribution is -0.0437. The maximum atomic E-state index is 12.5. The van der Waals surface area contributed by atoms with Crippen LogP contribution in [-0.2, 0) is 10.2 Å². The molecule has 3 N–H and O–H groups in total. The topological polar surface area (TPSA) is 78.4 Å². The van der Waals surface area contributed by atoms with E-state index in [4.69, 9.17) is 5.11 Å². The van der Waals surface area contributed by atoms with Crippen LogP contribution in [0.15, 0.2) is 0 Å². The van der Waals surface area contributed by atoms with Crippen LogP contribution >= 0.6 is 0 Å². The van der Waals surface area contributed by atoms with Gasteiger partial charge in [-0.05, 0) is 5.92 Å². The Morgan fingerprint density at radius 3 is 2.27 bits per heavy atom. The molecule has 0 saturated heterocycles. The zero-order chi connectivity index (χ0) is 12.1. The van der Waals surface area contributed by atoms with Gasteiger partial charge in [-0.1, -0.05) is 13.8 Å². The van der Waals surface area contributed by atoms with Crippen molar-refractivity contribution in [2.24, 2.45) is 5.92 Å². The first kappa shape index (κ1) is 14.7. The summed E-state index contributed by atoms with van der Waals surface area (Å²) in [5.74, 6) is -3.35. The van der Waals surface area contributed by atoms with Gasteiger partial charge in [0.05, 0.1) is 6.54 Å². The van der Waals surface area contributed by atoms with Crippen molar-refractivity contribution in [3.63, 3.8) is 0 Å². The van der Waals surface area contributed by atoms with E-state index in [0.717, 1.165) is 0 Å². The third-order valence-corrected chi connectivity index (χ3v) is 2.50. The van der Waals surface area contributed by atoms with E-state index in [2.05, 4.69) is 4.72 Å². The molecule has 15 heavy (non-hydrogen) atoms. The normalized spacial score (nSPS) is 13.5. The van der Waals surface area contributed by atoms with E-state index in [0.29, 0.717) is 0 Å². The van der Waals surface area contributed by atoms with E-state index >= 15 is 0 Å². The van der Waals surface area contributed by atoms with Crippen LogP contribution in [0.3, 0.4) is 0 Å². The van der Waals surface area contributed by atoms with Crippen LogP contribution < -0.4 is 9.44 Å². The minimum absolute atomic E-state index is 0.0833. The van der Waals surface area contributed by atoms with Gasteiger partial charge < -0.3 is 5.11 Å². The molecule has 0 radical (unpaired) electrons. The molecular weight excluding hydrogens is 230 g/mol. The summed E-state index contributed by atoms with van der Waals surface area (Å²) in [7, 11) is -3.91. The Balaban J connectivity index is 4.05. The number of aliphatic hydroxyl groups is 1. The van der Waals surface area contributed by atoms with Crippen LogP contribution in [0.25, 0.3) is 0 Å². The van der Waals surface area contributed by atoms with Gasteiger partial charge in [0.15, 0.2) is 0 Å². The number of alkyl halides is 2. The second kappa shape index (κ2) is 5.69. The SMILES string of the molecule is CC(C)CNS(=O)(=O)NCC(F)(F)CO.